The van der Waals surface area contributed by atoms with Gasteiger partial charge in [-0.1, -0.05) is 17.3 Å². The Labute approximate surface area is 192 Å². The van der Waals surface area contributed by atoms with Gasteiger partial charge in [-0.05, 0) is 31.2 Å². The summed E-state index contributed by atoms with van der Waals surface area (Å²) in [5.74, 6) is -5.59. The number of amides is 1. The minimum absolute atomic E-state index is 0.0617. The lowest BCUT2D eigenvalue weighted by Gasteiger charge is -2.30. The van der Waals surface area contributed by atoms with Crippen molar-refractivity contribution in [2.45, 2.75) is 24.3 Å². The number of nitrogens with one attached hydrogen (secondary N) is 1. The second kappa shape index (κ2) is 9.43. The molecule has 2 atom stereocenters. The van der Waals surface area contributed by atoms with Crippen LogP contribution >= 0.6 is 0 Å². The van der Waals surface area contributed by atoms with Crippen molar-refractivity contribution in [1.29, 1.82) is 0 Å². The summed E-state index contributed by atoms with van der Waals surface area (Å²) in [6, 6.07) is 7.34. The molecular weight excluding hydrogens is 477 g/mol. The lowest BCUT2D eigenvalue weighted by molar-refractivity contribution is 0.0671. The van der Waals surface area contributed by atoms with Gasteiger partial charge in [0.15, 0.2) is 27.3 Å². The summed E-state index contributed by atoms with van der Waals surface area (Å²) in [6.45, 7) is 0.874. The van der Waals surface area contributed by atoms with Crippen molar-refractivity contribution < 1.29 is 36.6 Å². The standard InChI is InChI=1S/C21H21F3N4O5S/c1-21(34(2,32)33,11-25-20(31)13-5-3-4-6-16(13)29)9-17(30)28-10-15(26-27-28)12-7-8-14(22)19(24)18(12)23/h3-8,10,17,29-30H,9,11H2,1-2H3,(H,25,31). The first-order valence-electron chi connectivity index (χ1n) is 9.83. The van der Waals surface area contributed by atoms with Gasteiger partial charge in [-0.15, -0.1) is 5.10 Å². The molecule has 0 radical (unpaired) electrons. The zero-order valence-electron chi connectivity index (χ0n) is 18.0. The van der Waals surface area contributed by atoms with E-state index in [9.17, 15) is 36.6 Å². The Morgan fingerprint density at radius 3 is 2.50 bits per heavy atom. The van der Waals surface area contributed by atoms with E-state index in [4.69, 9.17) is 0 Å². The van der Waals surface area contributed by atoms with E-state index in [1.807, 2.05) is 0 Å². The topological polar surface area (TPSA) is 134 Å². The molecule has 3 rings (SSSR count). The first-order valence-corrected chi connectivity index (χ1v) is 11.7. The highest BCUT2D eigenvalue weighted by molar-refractivity contribution is 7.92. The van der Waals surface area contributed by atoms with Crippen LogP contribution in [0.1, 0.15) is 29.9 Å². The number of hydrogen-bond donors (Lipinski definition) is 3. The molecule has 2 unspecified atom stereocenters. The van der Waals surface area contributed by atoms with Gasteiger partial charge in [0.1, 0.15) is 17.7 Å². The van der Waals surface area contributed by atoms with Gasteiger partial charge in [0.05, 0.1) is 16.5 Å². The van der Waals surface area contributed by atoms with E-state index >= 15 is 0 Å². The predicted octanol–water partition coefficient (Wildman–Crippen LogP) is 2.18. The van der Waals surface area contributed by atoms with Crippen LogP contribution in [0.3, 0.4) is 0 Å². The number of hydrogen-bond acceptors (Lipinski definition) is 7. The normalized spacial score (nSPS) is 14.4. The number of benzene rings is 2. The first-order chi connectivity index (χ1) is 15.8. The number of halogens is 3. The van der Waals surface area contributed by atoms with E-state index in [0.29, 0.717) is 6.07 Å². The van der Waals surface area contributed by atoms with Gasteiger partial charge in [0.25, 0.3) is 5.91 Å². The molecule has 1 heterocycles. The summed E-state index contributed by atoms with van der Waals surface area (Å²) in [5, 5.41) is 30.1. The van der Waals surface area contributed by atoms with E-state index in [1.165, 1.54) is 31.2 Å². The number of nitrogens with zero attached hydrogens (tertiary/aromatic N) is 3. The summed E-state index contributed by atoms with van der Waals surface area (Å²) in [5.41, 5.74) is -0.684. The number of aromatic hydroxyl groups is 1. The second-order valence-corrected chi connectivity index (χ2v) is 10.4. The lowest BCUT2D eigenvalue weighted by atomic mass is 10.1. The number of carbonyl (C=O) groups is 1. The van der Waals surface area contributed by atoms with E-state index in [-0.39, 0.29) is 17.0 Å². The number of phenolic OH excluding ortho intramolecular Hbond substituents is 1. The van der Waals surface area contributed by atoms with Crippen molar-refractivity contribution in [1.82, 2.24) is 20.3 Å². The van der Waals surface area contributed by atoms with Crippen molar-refractivity contribution in [2.75, 3.05) is 12.8 Å². The number of sulfone groups is 1. The summed E-state index contributed by atoms with van der Waals surface area (Å²) in [7, 11) is -3.87. The van der Waals surface area contributed by atoms with Gasteiger partial charge in [0, 0.05) is 24.8 Å². The Morgan fingerprint density at radius 2 is 1.85 bits per heavy atom. The van der Waals surface area contributed by atoms with Gasteiger partial charge >= 0.3 is 0 Å². The maximum Gasteiger partial charge on any atom is 0.255 e. The Bertz CT molecular complexity index is 1330. The van der Waals surface area contributed by atoms with E-state index in [0.717, 1.165) is 23.2 Å². The third-order valence-electron chi connectivity index (χ3n) is 5.41. The van der Waals surface area contributed by atoms with Crippen molar-refractivity contribution in [3.63, 3.8) is 0 Å². The fourth-order valence-corrected chi connectivity index (χ4v) is 3.92. The van der Waals surface area contributed by atoms with Gasteiger partial charge in [-0.2, -0.15) is 0 Å². The molecule has 3 N–H and O–H groups in total. The number of aromatic nitrogens is 3. The average Bonchev–Trinajstić information content (AvgIpc) is 3.25. The zero-order valence-corrected chi connectivity index (χ0v) is 18.9. The molecule has 34 heavy (non-hydrogen) atoms. The van der Waals surface area contributed by atoms with Crippen LogP contribution in [0.5, 0.6) is 5.75 Å². The van der Waals surface area contributed by atoms with Gasteiger partial charge in [-0.3, -0.25) is 4.79 Å². The molecule has 1 aromatic heterocycles. The first kappa shape index (κ1) is 25.2. The summed E-state index contributed by atoms with van der Waals surface area (Å²) in [4.78, 5) is 12.4. The zero-order chi connectivity index (χ0) is 25.3. The molecule has 0 fully saturated rings. The number of aliphatic hydroxyl groups is 1. The monoisotopic (exact) mass is 498 g/mol. The molecule has 0 aliphatic heterocycles. The van der Waals surface area contributed by atoms with Crippen LogP contribution in [-0.4, -0.2) is 57.1 Å². The summed E-state index contributed by atoms with van der Waals surface area (Å²) >= 11 is 0. The summed E-state index contributed by atoms with van der Waals surface area (Å²) in [6.07, 6.45) is -0.0778. The molecular formula is C21H21F3N4O5S. The number of phenols is 1. The highest BCUT2D eigenvalue weighted by Crippen LogP contribution is 2.29. The lowest BCUT2D eigenvalue weighted by Crippen LogP contribution is -2.47. The molecule has 182 valence electrons. The van der Waals surface area contributed by atoms with Crippen LogP contribution in [0.15, 0.2) is 42.6 Å². The smallest absolute Gasteiger partial charge is 0.255 e. The van der Waals surface area contributed by atoms with Gasteiger partial charge < -0.3 is 15.5 Å². The molecule has 9 nitrogen and oxygen atoms in total. The molecule has 2 aromatic carbocycles. The van der Waals surface area contributed by atoms with Crippen molar-refractivity contribution in [3.05, 3.63) is 65.6 Å². The number of para-hydroxylation sites is 1. The predicted molar refractivity (Wildman–Crippen MR) is 115 cm³/mol. The van der Waals surface area contributed by atoms with Gasteiger partial charge in [0.2, 0.25) is 0 Å². The molecule has 0 saturated heterocycles. The van der Waals surface area contributed by atoms with Crippen molar-refractivity contribution in [3.8, 4) is 17.0 Å². The highest BCUT2D eigenvalue weighted by atomic mass is 32.2. The average molecular weight is 498 g/mol. The highest BCUT2D eigenvalue weighted by Gasteiger charge is 2.39. The Balaban J connectivity index is 1.80. The van der Waals surface area contributed by atoms with E-state index in [1.54, 1.807) is 0 Å². The maximum absolute atomic E-state index is 14.0. The minimum Gasteiger partial charge on any atom is -0.507 e. The van der Waals surface area contributed by atoms with Crippen LogP contribution in [0.25, 0.3) is 11.3 Å². The third-order valence-corrected chi connectivity index (χ3v) is 7.51. The largest absolute Gasteiger partial charge is 0.507 e. The maximum atomic E-state index is 14.0. The number of aliphatic hydroxyl groups excluding tert-OH is 1. The molecule has 0 aliphatic rings. The SMILES string of the molecule is CC(CNC(=O)c1ccccc1O)(CC(O)n1cc(-c2ccc(F)c(F)c2F)nn1)S(C)(=O)=O. The van der Waals surface area contributed by atoms with Crippen molar-refractivity contribution >= 4 is 15.7 Å². The van der Waals surface area contributed by atoms with Crippen LogP contribution < -0.4 is 5.32 Å². The fraction of sp³-hybridized carbons (Fsp3) is 0.286. The molecule has 1 amide bonds. The molecule has 0 bridgehead atoms. The van der Waals surface area contributed by atoms with E-state index < -0.39 is 62.7 Å². The number of rotatable bonds is 8. The minimum atomic E-state index is -3.87. The van der Waals surface area contributed by atoms with Crippen LogP contribution in [0.4, 0.5) is 13.2 Å². The molecule has 0 spiro atoms. The number of carbonyl (C=O) groups excluding carboxylic acids is 1. The molecule has 0 aliphatic carbocycles. The molecule has 13 heteroatoms. The fourth-order valence-electron chi connectivity index (χ4n) is 3.13. The Kier molecular flexibility index (Phi) is 6.98. The summed E-state index contributed by atoms with van der Waals surface area (Å²) < 4.78 is 64.9. The molecule has 3 aromatic rings. The molecule has 0 saturated carbocycles. The Morgan fingerprint density at radius 1 is 1.18 bits per heavy atom. The van der Waals surface area contributed by atoms with Crippen molar-refractivity contribution in [2.24, 2.45) is 0 Å². The quantitative estimate of drug-likeness (QED) is 0.405. The van der Waals surface area contributed by atoms with Crippen LogP contribution in [0, 0.1) is 17.5 Å². The van der Waals surface area contributed by atoms with Crippen LogP contribution in [-0.2, 0) is 9.84 Å². The van der Waals surface area contributed by atoms with Crippen LogP contribution in [0.2, 0.25) is 0 Å². The van der Waals surface area contributed by atoms with Gasteiger partial charge in [-0.25, -0.2) is 26.3 Å². The van der Waals surface area contributed by atoms with E-state index in [2.05, 4.69) is 15.6 Å². The second-order valence-electron chi connectivity index (χ2n) is 7.91. The Hall–Kier alpha value is -3.45. The third kappa shape index (κ3) is 5.04.